The van der Waals surface area contributed by atoms with Crippen molar-refractivity contribution in [1.82, 2.24) is 10.2 Å². The number of nitrogens with zero attached hydrogens (tertiary/aromatic N) is 1. The summed E-state index contributed by atoms with van der Waals surface area (Å²) in [5, 5.41) is 4.10. The summed E-state index contributed by atoms with van der Waals surface area (Å²) in [6.07, 6.45) is 5.48. The number of hydrogen-bond acceptors (Lipinski definition) is 2. The molecular formula is C17H21ClN2O. The zero-order valence-corrected chi connectivity index (χ0v) is 13.0. The lowest BCUT2D eigenvalue weighted by atomic mass is 9.94. The first-order chi connectivity index (χ1) is 10.1. The Hall–Kier alpha value is -1.06. The molecule has 4 heteroatoms. The van der Waals surface area contributed by atoms with Gasteiger partial charge in [0.15, 0.2) is 0 Å². The van der Waals surface area contributed by atoms with Gasteiger partial charge in [-0.05, 0) is 62.9 Å². The SMILES string of the molecule is O=C(NC1(CN2CCC2)CC1)C1(c2ccc(Cl)cc2)CC1. The average molecular weight is 305 g/mol. The molecule has 3 aliphatic rings. The van der Waals surface area contributed by atoms with Crippen LogP contribution in [0.5, 0.6) is 0 Å². The fraction of sp³-hybridized carbons (Fsp3) is 0.588. The monoisotopic (exact) mass is 304 g/mol. The summed E-state index contributed by atoms with van der Waals surface area (Å²) in [7, 11) is 0. The first-order valence-corrected chi connectivity index (χ1v) is 8.31. The predicted molar refractivity (Wildman–Crippen MR) is 83.5 cm³/mol. The fourth-order valence-corrected chi connectivity index (χ4v) is 3.47. The Bertz CT molecular complexity index is 557. The molecule has 0 bridgehead atoms. The fourth-order valence-electron chi connectivity index (χ4n) is 3.34. The first kappa shape index (κ1) is 13.6. The molecule has 1 aliphatic heterocycles. The van der Waals surface area contributed by atoms with Gasteiger partial charge in [0.1, 0.15) is 0 Å². The second-order valence-electron chi connectivity index (χ2n) is 6.95. The lowest BCUT2D eigenvalue weighted by molar-refractivity contribution is -0.124. The Kier molecular flexibility index (Phi) is 3.05. The minimum Gasteiger partial charge on any atom is -0.349 e. The molecule has 1 N–H and O–H groups in total. The molecule has 0 aromatic heterocycles. The van der Waals surface area contributed by atoms with Crippen molar-refractivity contribution in [2.24, 2.45) is 0 Å². The van der Waals surface area contributed by atoms with E-state index in [1.807, 2.05) is 24.3 Å². The lowest BCUT2D eigenvalue weighted by Crippen LogP contribution is -2.52. The van der Waals surface area contributed by atoms with E-state index in [9.17, 15) is 4.79 Å². The topological polar surface area (TPSA) is 32.3 Å². The number of carbonyl (C=O) groups is 1. The third kappa shape index (κ3) is 2.47. The van der Waals surface area contributed by atoms with E-state index < -0.39 is 0 Å². The molecule has 0 spiro atoms. The zero-order chi connectivity index (χ0) is 14.5. The average Bonchev–Trinajstić information content (AvgIpc) is 3.31. The summed E-state index contributed by atoms with van der Waals surface area (Å²) in [6, 6.07) is 7.78. The van der Waals surface area contributed by atoms with E-state index >= 15 is 0 Å². The lowest BCUT2D eigenvalue weighted by Gasteiger charge is -2.35. The van der Waals surface area contributed by atoms with Gasteiger partial charge in [-0.15, -0.1) is 0 Å². The van der Waals surface area contributed by atoms with Crippen LogP contribution in [0.1, 0.15) is 37.7 Å². The van der Waals surface area contributed by atoms with Gasteiger partial charge in [0.25, 0.3) is 0 Å². The maximum atomic E-state index is 12.8. The summed E-state index contributed by atoms with van der Waals surface area (Å²) in [4.78, 5) is 15.2. The molecule has 0 unspecified atom stereocenters. The van der Waals surface area contributed by atoms with Crippen molar-refractivity contribution in [3.05, 3.63) is 34.9 Å². The van der Waals surface area contributed by atoms with Gasteiger partial charge < -0.3 is 10.2 Å². The summed E-state index contributed by atoms with van der Waals surface area (Å²) < 4.78 is 0. The van der Waals surface area contributed by atoms with Gasteiger partial charge in [0.05, 0.1) is 11.0 Å². The van der Waals surface area contributed by atoms with Gasteiger partial charge in [0.2, 0.25) is 5.91 Å². The van der Waals surface area contributed by atoms with Crippen LogP contribution in [0.3, 0.4) is 0 Å². The molecule has 112 valence electrons. The Morgan fingerprint density at radius 2 is 1.81 bits per heavy atom. The van der Waals surface area contributed by atoms with E-state index in [1.54, 1.807) is 0 Å². The zero-order valence-electron chi connectivity index (χ0n) is 12.2. The molecule has 1 aromatic carbocycles. The molecule has 21 heavy (non-hydrogen) atoms. The molecule has 3 fully saturated rings. The molecule has 2 aliphatic carbocycles. The van der Waals surface area contributed by atoms with Crippen molar-refractivity contribution in [3.8, 4) is 0 Å². The Balaban J connectivity index is 1.46. The van der Waals surface area contributed by atoms with Crippen molar-refractivity contribution in [2.75, 3.05) is 19.6 Å². The summed E-state index contributed by atoms with van der Waals surface area (Å²) in [5.41, 5.74) is 0.901. The number of carbonyl (C=O) groups excluding carboxylic acids is 1. The van der Waals surface area contributed by atoms with Gasteiger partial charge in [-0.3, -0.25) is 4.79 Å². The molecule has 2 saturated carbocycles. The highest BCUT2D eigenvalue weighted by atomic mass is 35.5. The molecule has 1 aromatic rings. The van der Waals surface area contributed by atoms with Crippen molar-refractivity contribution in [1.29, 1.82) is 0 Å². The summed E-state index contributed by atoms with van der Waals surface area (Å²) >= 11 is 5.95. The van der Waals surface area contributed by atoms with Gasteiger partial charge >= 0.3 is 0 Å². The molecule has 0 atom stereocenters. The Morgan fingerprint density at radius 1 is 1.14 bits per heavy atom. The van der Waals surface area contributed by atoms with Crippen LogP contribution in [-0.2, 0) is 10.2 Å². The van der Waals surface area contributed by atoms with Gasteiger partial charge in [-0.25, -0.2) is 0 Å². The number of amides is 1. The van der Waals surface area contributed by atoms with Gasteiger partial charge in [0, 0.05) is 11.6 Å². The number of hydrogen-bond donors (Lipinski definition) is 1. The largest absolute Gasteiger partial charge is 0.349 e. The summed E-state index contributed by atoms with van der Waals surface area (Å²) in [6.45, 7) is 3.43. The summed E-state index contributed by atoms with van der Waals surface area (Å²) in [5.74, 6) is 0.225. The smallest absolute Gasteiger partial charge is 0.231 e. The quantitative estimate of drug-likeness (QED) is 0.907. The standard InChI is InChI=1S/C17H21ClN2O/c18-14-4-2-13(3-5-14)17(8-9-17)15(21)19-16(6-7-16)12-20-10-1-11-20/h2-5H,1,6-12H2,(H,19,21). The van der Waals surface area contributed by atoms with Gasteiger partial charge in [-0.2, -0.15) is 0 Å². The van der Waals surface area contributed by atoms with Crippen LogP contribution in [0.2, 0.25) is 5.02 Å². The van der Waals surface area contributed by atoms with Crippen molar-refractivity contribution < 1.29 is 4.79 Å². The highest BCUT2D eigenvalue weighted by Gasteiger charge is 2.55. The predicted octanol–water partition coefficient (Wildman–Crippen LogP) is 2.73. The number of likely N-dealkylation sites (tertiary alicyclic amines) is 1. The highest BCUT2D eigenvalue weighted by molar-refractivity contribution is 6.30. The van der Waals surface area contributed by atoms with Crippen LogP contribution in [0.25, 0.3) is 0 Å². The third-order valence-electron chi connectivity index (χ3n) is 5.29. The molecule has 1 heterocycles. The maximum Gasteiger partial charge on any atom is 0.231 e. The normalized spacial score (nSPS) is 25.0. The van der Waals surface area contributed by atoms with Crippen LogP contribution in [0.4, 0.5) is 0 Å². The molecular weight excluding hydrogens is 284 g/mol. The van der Waals surface area contributed by atoms with Crippen LogP contribution >= 0.6 is 11.6 Å². The van der Waals surface area contributed by atoms with Crippen LogP contribution in [0, 0.1) is 0 Å². The second kappa shape index (κ2) is 4.72. The first-order valence-electron chi connectivity index (χ1n) is 7.93. The van der Waals surface area contributed by atoms with Crippen LogP contribution in [-0.4, -0.2) is 36.0 Å². The maximum absolute atomic E-state index is 12.8. The molecule has 4 rings (SSSR count). The molecule has 0 radical (unpaired) electrons. The van der Waals surface area contributed by atoms with Gasteiger partial charge in [-0.1, -0.05) is 23.7 Å². The van der Waals surface area contributed by atoms with E-state index in [0.717, 1.165) is 42.8 Å². The molecule has 1 saturated heterocycles. The van der Waals surface area contributed by atoms with Crippen LogP contribution in [0.15, 0.2) is 24.3 Å². The van der Waals surface area contributed by atoms with Crippen molar-refractivity contribution in [3.63, 3.8) is 0 Å². The number of rotatable bonds is 5. The Morgan fingerprint density at radius 3 is 2.29 bits per heavy atom. The van der Waals surface area contributed by atoms with Crippen molar-refractivity contribution >= 4 is 17.5 Å². The number of halogens is 1. The molecule has 1 amide bonds. The van der Waals surface area contributed by atoms with E-state index in [1.165, 1.54) is 19.5 Å². The highest BCUT2D eigenvalue weighted by Crippen LogP contribution is 2.50. The van der Waals surface area contributed by atoms with E-state index in [4.69, 9.17) is 11.6 Å². The Labute approximate surface area is 130 Å². The molecule has 3 nitrogen and oxygen atoms in total. The van der Waals surface area contributed by atoms with E-state index in [0.29, 0.717) is 0 Å². The third-order valence-corrected chi connectivity index (χ3v) is 5.54. The van der Waals surface area contributed by atoms with E-state index in [2.05, 4.69) is 10.2 Å². The number of nitrogens with one attached hydrogen (secondary N) is 1. The van der Waals surface area contributed by atoms with Crippen LogP contribution < -0.4 is 5.32 Å². The minimum atomic E-state index is -0.283. The number of benzene rings is 1. The minimum absolute atomic E-state index is 0.0690. The van der Waals surface area contributed by atoms with Crippen molar-refractivity contribution in [2.45, 2.75) is 43.1 Å². The van der Waals surface area contributed by atoms with E-state index in [-0.39, 0.29) is 16.9 Å². The second-order valence-corrected chi connectivity index (χ2v) is 7.39.